The summed E-state index contributed by atoms with van der Waals surface area (Å²) in [5.74, 6) is -1.58. The van der Waals surface area contributed by atoms with Crippen LogP contribution in [0.15, 0.2) is 71.9 Å². The van der Waals surface area contributed by atoms with Gasteiger partial charge in [-0.05, 0) is 91.8 Å². The SMILES string of the molecule is C=CCOC12Oc3ccc(O)cc3C3C(CCCCO)C(CCCCO)C=C(C(=NOC)CC1N(Cc1ccc(F)cc1)C(=O)C1CC1)C32. The number of hydrogen-bond donors (Lipinski definition) is 3. The van der Waals surface area contributed by atoms with E-state index in [9.17, 15) is 24.5 Å². The summed E-state index contributed by atoms with van der Waals surface area (Å²) in [5.41, 5.74) is 3.30. The van der Waals surface area contributed by atoms with Crippen LogP contribution in [0.1, 0.15) is 74.8 Å². The Morgan fingerprint density at radius 3 is 2.51 bits per heavy atom. The Bertz CT molecular complexity index is 1540. The predicted molar refractivity (Wildman–Crippen MR) is 183 cm³/mol. The van der Waals surface area contributed by atoms with Gasteiger partial charge >= 0.3 is 0 Å². The van der Waals surface area contributed by atoms with Crippen molar-refractivity contribution < 1.29 is 38.8 Å². The van der Waals surface area contributed by atoms with Crippen molar-refractivity contribution in [2.75, 3.05) is 26.9 Å². The van der Waals surface area contributed by atoms with E-state index in [4.69, 9.17) is 14.3 Å². The first-order valence-corrected chi connectivity index (χ1v) is 17.7. The predicted octanol–water partition coefficient (Wildman–Crippen LogP) is 6.23. The highest BCUT2D eigenvalue weighted by molar-refractivity contribution is 6.03. The van der Waals surface area contributed by atoms with E-state index in [1.807, 2.05) is 4.90 Å². The number of halogens is 1. The fourth-order valence-electron chi connectivity index (χ4n) is 8.46. The molecule has 4 aliphatic rings. The third-order valence-corrected chi connectivity index (χ3v) is 10.7. The first kappa shape index (κ1) is 35.1. The fraction of sp³-hybridized carbons (Fsp3) is 0.538. The van der Waals surface area contributed by atoms with Crippen molar-refractivity contribution in [3.05, 3.63) is 83.7 Å². The van der Waals surface area contributed by atoms with Gasteiger partial charge in [-0.15, -0.1) is 6.58 Å². The van der Waals surface area contributed by atoms with Gasteiger partial charge in [-0.25, -0.2) is 4.39 Å². The van der Waals surface area contributed by atoms with Gasteiger partial charge in [0.25, 0.3) is 0 Å². The van der Waals surface area contributed by atoms with Gasteiger partial charge in [-0.1, -0.05) is 42.3 Å². The van der Waals surface area contributed by atoms with Crippen molar-refractivity contribution in [3.63, 3.8) is 0 Å². The lowest BCUT2D eigenvalue weighted by molar-refractivity contribution is -0.258. The molecule has 2 saturated carbocycles. The van der Waals surface area contributed by atoms with Gasteiger partial charge in [0.15, 0.2) is 0 Å². The Balaban J connectivity index is 1.57. The average molecular weight is 677 g/mol. The van der Waals surface area contributed by atoms with Crippen LogP contribution in [-0.4, -0.2) is 70.6 Å². The van der Waals surface area contributed by atoms with E-state index in [2.05, 4.69) is 17.8 Å². The molecule has 0 saturated heterocycles. The number of hydrogen-bond acceptors (Lipinski definition) is 8. The van der Waals surface area contributed by atoms with Gasteiger partial charge in [0.2, 0.25) is 11.7 Å². The van der Waals surface area contributed by atoms with Gasteiger partial charge < -0.3 is 34.5 Å². The van der Waals surface area contributed by atoms with Crippen molar-refractivity contribution in [1.82, 2.24) is 4.90 Å². The van der Waals surface area contributed by atoms with Crippen molar-refractivity contribution in [2.24, 2.45) is 28.8 Å². The standard InChI is InChI=1S/C39H49FN2O7/c1-3-20-48-39-35(42(38(46)26-12-13-26)24-25-10-14-28(40)15-11-25)23-33(41-47-2)31-21-27(8-4-6-18-43)30(9-5-7-19-44)36(37(31)39)32-22-29(45)16-17-34(32)49-39/h3,10-11,14-17,21-22,26-27,30,35-37,43-45H,1,4-9,12-13,18-20,23-24H2,2H3. The molecule has 2 aromatic rings. The second-order valence-corrected chi connectivity index (χ2v) is 13.8. The van der Waals surface area contributed by atoms with Crippen LogP contribution < -0.4 is 4.74 Å². The molecule has 49 heavy (non-hydrogen) atoms. The zero-order valence-electron chi connectivity index (χ0n) is 28.3. The second-order valence-electron chi connectivity index (χ2n) is 13.8. The number of phenolic OH excluding ortho intramolecular Hbond substituents is 1. The van der Waals surface area contributed by atoms with Crippen molar-refractivity contribution in [1.29, 1.82) is 0 Å². The summed E-state index contributed by atoms with van der Waals surface area (Å²) in [5, 5.41) is 34.8. The highest BCUT2D eigenvalue weighted by Crippen LogP contribution is 2.62. The molecule has 2 fully saturated rings. The van der Waals surface area contributed by atoms with Gasteiger partial charge in [0.05, 0.1) is 18.2 Å². The Kier molecular flexibility index (Phi) is 11.1. The molecule has 3 N–H and O–H groups in total. The number of oxime groups is 1. The minimum absolute atomic E-state index is 0.00561. The number of allylic oxidation sites excluding steroid dienone is 1. The van der Waals surface area contributed by atoms with Gasteiger partial charge in [-0.3, -0.25) is 4.79 Å². The number of aliphatic hydroxyl groups excluding tert-OH is 2. The third-order valence-electron chi connectivity index (χ3n) is 10.7. The maximum absolute atomic E-state index is 14.4. The lowest BCUT2D eigenvalue weighted by Gasteiger charge is -2.60. The minimum atomic E-state index is -1.36. The summed E-state index contributed by atoms with van der Waals surface area (Å²) in [4.78, 5) is 21.7. The summed E-state index contributed by atoms with van der Waals surface area (Å²) >= 11 is 0. The number of carbonyl (C=O) groups is 1. The Morgan fingerprint density at radius 2 is 1.84 bits per heavy atom. The highest BCUT2D eigenvalue weighted by Gasteiger charge is 2.65. The molecular formula is C39H49FN2O7. The third kappa shape index (κ3) is 7.14. The topological polar surface area (TPSA) is 121 Å². The minimum Gasteiger partial charge on any atom is -0.508 e. The molecule has 10 heteroatoms. The number of rotatable bonds is 16. The molecule has 3 aliphatic carbocycles. The molecule has 6 unspecified atom stereocenters. The fourth-order valence-corrected chi connectivity index (χ4v) is 8.46. The zero-order chi connectivity index (χ0) is 34.5. The molecule has 1 amide bonds. The van der Waals surface area contributed by atoms with Gasteiger partial charge in [0.1, 0.15) is 30.5 Å². The van der Waals surface area contributed by atoms with Crippen LogP contribution in [-0.2, 0) is 20.9 Å². The van der Waals surface area contributed by atoms with E-state index in [1.165, 1.54) is 19.2 Å². The molecule has 2 aromatic carbocycles. The number of ether oxygens (including phenoxy) is 2. The monoisotopic (exact) mass is 676 g/mol. The van der Waals surface area contributed by atoms with E-state index in [0.717, 1.165) is 55.2 Å². The summed E-state index contributed by atoms with van der Waals surface area (Å²) < 4.78 is 28.0. The van der Waals surface area contributed by atoms with E-state index in [1.54, 1.807) is 36.4 Å². The van der Waals surface area contributed by atoms with Gasteiger partial charge in [-0.2, -0.15) is 0 Å². The molecular weight excluding hydrogens is 627 g/mol. The Labute approximate surface area is 288 Å². The number of benzene rings is 2. The zero-order valence-corrected chi connectivity index (χ0v) is 28.3. The number of fused-ring (bicyclic) bond motifs is 2. The maximum atomic E-state index is 14.4. The molecule has 6 atom stereocenters. The molecule has 0 spiro atoms. The van der Waals surface area contributed by atoms with Crippen molar-refractivity contribution >= 4 is 11.6 Å². The number of amides is 1. The summed E-state index contributed by atoms with van der Waals surface area (Å²) in [7, 11) is 1.52. The second kappa shape index (κ2) is 15.4. The van der Waals surface area contributed by atoms with E-state index in [-0.39, 0.29) is 67.5 Å². The maximum Gasteiger partial charge on any atom is 0.239 e. The normalized spacial score (nSPS) is 27.8. The van der Waals surface area contributed by atoms with Crippen LogP contribution in [0.2, 0.25) is 0 Å². The lowest BCUT2D eigenvalue weighted by Crippen LogP contribution is -2.70. The summed E-state index contributed by atoms with van der Waals surface area (Å²) in [6, 6.07) is 10.8. The molecule has 0 radical (unpaired) electrons. The highest BCUT2D eigenvalue weighted by atomic mass is 19.1. The molecule has 9 nitrogen and oxygen atoms in total. The van der Waals surface area contributed by atoms with Crippen molar-refractivity contribution in [3.8, 4) is 11.5 Å². The first-order chi connectivity index (χ1) is 23.8. The van der Waals surface area contributed by atoms with Crippen LogP contribution in [0.5, 0.6) is 11.5 Å². The van der Waals surface area contributed by atoms with Crippen LogP contribution >= 0.6 is 0 Å². The number of carbonyl (C=O) groups excluding carboxylic acids is 1. The Hall–Kier alpha value is -3.73. The van der Waals surface area contributed by atoms with Gasteiger partial charge in [0, 0.05) is 43.6 Å². The number of unbranched alkanes of at least 4 members (excludes halogenated alkanes) is 2. The van der Waals surface area contributed by atoms with E-state index < -0.39 is 17.7 Å². The van der Waals surface area contributed by atoms with Crippen LogP contribution in [0.3, 0.4) is 0 Å². The average Bonchev–Trinajstić information content (AvgIpc) is 3.95. The summed E-state index contributed by atoms with van der Waals surface area (Å²) in [6.07, 6.45) is 10.5. The van der Waals surface area contributed by atoms with E-state index in [0.29, 0.717) is 30.7 Å². The molecule has 0 bridgehead atoms. The van der Waals surface area contributed by atoms with Crippen molar-refractivity contribution in [2.45, 2.75) is 82.1 Å². The number of nitrogens with zero attached hydrogens (tertiary/aromatic N) is 2. The molecule has 1 heterocycles. The Morgan fingerprint density at radius 1 is 1.10 bits per heavy atom. The lowest BCUT2D eigenvalue weighted by atomic mass is 9.55. The molecule has 6 rings (SSSR count). The molecule has 0 aromatic heterocycles. The smallest absolute Gasteiger partial charge is 0.239 e. The molecule has 264 valence electrons. The quantitative estimate of drug-likeness (QED) is 0.110. The van der Waals surface area contributed by atoms with Crippen LogP contribution in [0.25, 0.3) is 0 Å². The number of aliphatic hydroxyl groups is 2. The van der Waals surface area contributed by atoms with E-state index >= 15 is 0 Å². The van der Waals surface area contributed by atoms with Crippen LogP contribution in [0.4, 0.5) is 4.39 Å². The van der Waals surface area contributed by atoms with Crippen LogP contribution in [0, 0.1) is 29.5 Å². The molecule has 1 aliphatic heterocycles. The first-order valence-electron chi connectivity index (χ1n) is 17.7. The summed E-state index contributed by atoms with van der Waals surface area (Å²) in [6.45, 7) is 4.56. The number of phenols is 1. The largest absolute Gasteiger partial charge is 0.508 e. The number of aromatic hydroxyl groups is 1.